The van der Waals surface area contributed by atoms with E-state index in [2.05, 4.69) is 9.97 Å². The number of ether oxygens (including phenoxy) is 6. The van der Waals surface area contributed by atoms with Crippen molar-refractivity contribution >= 4 is 45.7 Å². The first kappa shape index (κ1) is 47.0. The minimum absolute atomic E-state index is 0.193. The lowest BCUT2D eigenvalue weighted by atomic mass is 9.58. The van der Waals surface area contributed by atoms with Crippen LogP contribution in [0.1, 0.15) is 81.3 Å². The van der Waals surface area contributed by atoms with Crippen molar-refractivity contribution in [2.24, 2.45) is 10.8 Å². The highest BCUT2D eigenvalue weighted by Crippen LogP contribution is 2.59. The van der Waals surface area contributed by atoms with Crippen molar-refractivity contribution in [1.29, 1.82) is 0 Å². The van der Waals surface area contributed by atoms with Gasteiger partial charge in [0.25, 0.3) is 0 Å². The number of rotatable bonds is 10. The SMILES string of the molecule is COC(=O)C1(C(=O)OC)C[C@@H](c2ccc(OC)cc2)c2[nH]c3ccccc3c2[C@H]1c1ccccc1.COC(=O)C1(C(=O)OC)C[C@H](c2ccc(OC)cc2)c2[nH]c3ccccc3c2[C@@H]1c1ccccc1. The van der Waals surface area contributed by atoms with E-state index >= 15 is 0 Å². The Morgan fingerprint density at radius 2 is 0.714 bits per heavy atom. The van der Waals surface area contributed by atoms with E-state index in [0.29, 0.717) is 0 Å². The highest BCUT2D eigenvalue weighted by Gasteiger charge is 2.62. The van der Waals surface area contributed by atoms with Gasteiger partial charge in [-0.25, -0.2) is 0 Å². The summed E-state index contributed by atoms with van der Waals surface area (Å²) in [5.74, 6) is -2.69. The minimum Gasteiger partial charge on any atom is -0.497 e. The van der Waals surface area contributed by atoms with Gasteiger partial charge in [-0.2, -0.15) is 0 Å². The number of hydrogen-bond donors (Lipinski definition) is 2. The minimum atomic E-state index is -1.58. The van der Waals surface area contributed by atoms with E-state index < -0.39 is 46.5 Å². The Hall–Kier alpha value is -8.12. The van der Waals surface area contributed by atoms with Crippen LogP contribution in [-0.4, -0.2) is 76.5 Å². The van der Waals surface area contributed by atoms with Crippen LogP contribution in [0.2, 0.25) is 0 Å². The average Bonchev–Trinajstić information content (AvgIpc) is 4.01. The molecule has 70 heavy (non-hydrogen) atoms. The molecule has 0 spiro atoms. The molecule has 0 bridgehead atoms. The quantitative estimate of drug-likeness (QED) is 0.0769. The number of carbonyl (C=O) groups is 4. The van der Waals surface area contributed by atoms with Crippen molar-refractivity contribution in [1.82, 2.24) is 9.97 Å². The number of nitrogens with one attached hydrogen (secondary N) is 2. The fourth-order valence-electron chi connectivity index (χ4n) is 11.3. The molecular weight excluding hydrogens is 885 g/mol. The number of carbonyl (C=O) groups excluding carboxylic acids is 4. The number of H-pyrrole nitrogens is 2. The van der Waals surface area contributed by atoms with Gasteiger partial charge in [0.2, 0.25) is 0 Å². The monoisotopic (exact) mass is 938 g/mol. The third kappa shape index (κ3) is 7.73. The highest BCUT2D eigenvalue weighted by atomic mass is 16.6. The zero-order chi connectivity index (χ0) is 49.2. The molecule has 2 aliphatic rings. The summed E-state index contributed by atoms with van der Waals surface area (Å²) >= 11 is 0. The molecule has 0 unspecified atom stereocenters. The number of benzene rings is 6. The molecule has 2 N–H and O–H groups in total. The first-order chi connectivity index (χ1) is 34.1. The third-order valence-corrected chi connectivity index (χ3v) is 14.4. The molecule has 10 rings (SSSR count). The van der Waals surface area contributed by atoms with E-state index in [4.69, 9.17) is 28.4 Å². The number of aromatic amines is 2. The van der Waals surface area contributed by atoms with Crippen LogP contribution < -0.4 is 9.47 Å². The maximum Gasteiger partial charge on any atom is 0.324 e. The molecule has 6 aromatic carbocycles. The molecular formula is C58H54N2O10. The smallest absolute Gasteiger partial charge is 0.324 e. The van der Waals surface area contributed by atoms with E-state index in [9.17, 15) is 19.2 Å². The van der Waals surface area contributed by atoms with Gasteiger partial charge in [-0.15, -0.1) is 0 Å². The molecule has 2 aliphatic carbocycles. The van der Waals surface area contributed by atoms with Crippen LogP contribution in [0, 0.1) is 10.8 Å². The fraction of sp³-hybridized carbons (Fsp3) is 0.241. The number of methoxy groups -OCH3 is 6. The number of fused-ring (bicyclic) bond motifs is 6. The highest BCUT2D eigenvalue weighted by molar-refractivity contribution is 6.05. The summed E-state index contributed by atoms with van der Waals surface area (Å²) in [4.78, 5) is 61.9. The van der Waals surface area contributed by atoms with Gasteiger partial charge in [-0.1, -0.05) is 121 Å². The molecule has 356 valence electrons. The van der Waals surface area contributed by atoms with Gasteiger partial charge < -0.3 is 38.4 Å². The van der Waals surface area contributed by atoms with Gasteiger partial charge in [0.05, 0.1) is 42.7 Å². The van der Waals surface area contributed by atoms with Crippen LogP contribution in [0.15, 0.2) is 158 Å². The molecule has 0 amide bonds. The zero-order valence-corrected chi connectivity index (χ0v) is 39.8. The Kier molecular flexibility index (Phi) is 13.1. The predicted octanol–water partition coefficient (Wildman–Crippen LogP) is 10.4. The average molecular weight is 939 g/mol. The van der Waals surface area contributed by atoms with E-state index in [1.165, 1.54) is 28.4 Å². The molecule has 0 saturated heterocycles. The Balaban J connectivity index is 0.000000174. The van der Waals surface area contributed by atoms with Crippen molar-refractivity contribution in [3.63, 3.8) is 0 Å². The van der Waals surface area contributed by atoms with Gasteiger partial charge in [-0.05, 0) is 82.6 Å². The topological polar surface area (TPSA) is 155 Å². The van der Waals surface area contributed by atoms with Crippen LogP contribution in [0.4, 0.5) is 0 Å². The summed E-state index contributed by atoms with van der Waals surface area (Å²) in [7, 11) is 8.53. The van der Waals surface area contributed by atoms with Crippen molar-refractivity contribution in [3.05, 3.63) is 202 Å². The second-order valence-electron chi connectivity index (χ2n) is 17.7. The largest absolute Gasteiger partial charge is 0.497 e. The molecule has 8 aromatic rings. The maximum atomic E-state index is 13.7. The first-order valence-corrected chi connectivity index (χ1v) is 23.0. The van der Waals surface area contributed by atoms with Gasteiger partial charge in [0.15, 0.2) is 10.8 Å². The number of esters is 4. The van der Waals surface area contributed by atoms with E-state index in [1.54, 1.807) is 14.2 Å². The molecule has 12 heteroatoms. The van der Waals surface area contributed by atoms with Gasteiger partial charge in [0.1, 0.15) is 11.5 Å². The summed E-state index contributed by atoms with van der Waals surface area (Å²) in [6.07, 6.45) is 0.385. The standard InChI is InChI=1S/2C29H27NO5/c2*1-33-20-15-13-18(14-16-20)22-17-29(27(31)34-2,28(32)35-3)25(19-9-5-4-6-10-19)24-21-11-7-8-12-23(21)30-26(22)24/h2*4-16,22,25,30H,17H2,1-3H3/t2*22-,25+/m10/s1. The zero-order valence-electron chi connectivity index (χ0n) is 39.8. The van der Waals surface area contributed by atoms with Gasteiger partial charge >= 0.3 is 23.9 Å². The number of aromatic nitrogens is 2. The Morgan fingerprint density at radius 1 is 0.400 bits per heavy atom. The van der Waals surface area contributed by atoms with E-state index in [0.717, 1.165) is 78.1 Å². The summed E-state index contributed by atoms with van der Waals surface area (Å²) < 4.78 is 32.0. The van der Waals surface area contributed by atoms with Crippen molar-refractivity contribution < 1.29 is 47.6 Å². The molecule has 2 aromatic heterocycles. The maximum absolute atomic E-state index is 13.7. The molecule has 0 fully saturated rings. The second-order valence-corrected chi connectivity index (χ2v) is 17.7. The molecule has 2 heterocycles. The summed E-state index contributed by atoms with van der Waals surface area (Å²) in [6.45, 7) is 0. The number of hydrogen-bond acceptors (Lipinski definition) is 10. The van der Waals surface area contributed by atoms with E-state index in [-0.39, 0.29) is 24.7 Å². The van der Waals surface area contributed by atoms with Crippen LogP contribution >= 0.6 is 0 Å². The van der Waals surface area contributed by atoms with E-state index in [1.807, 2.05) is 158 Å². The summed E-state index contributed by atoms with van der Waals surface area (Å²) in [5.41, 5.74) is 6.15. The van der Waals surface area contributed by atoms with Gasteiger partial charge in [-0.3, -0.25) is 19.2 Å². The van der Waals surface area contributed by atoms with Crippen molar-refractivity contribution in [2.75, 3.05) is 42.7 Å². The first-order valence-electron chi connectivity index (χ1n) is 23.0. The fourth-order valence-corrected chi connectivity index (χ4v) is 11.3. The molecule has 0 saturated carbocycles. The van der Waals surface area contributed by atoms with Crippen LogP contribution in [0.25, 0.3) is 21.8 Å². The predicted molar refractivity (Wildman–Crippen MR) is 265 cm³/mol. The second kappa shape index (κ2) is 19.5. The number of para-hydroxylation sites is 2. The normalized spacial score (nSPS) is 18.5. The lowest BCUT2D eigenvalue weighted by Crippen LogP contribution is -2.50. The van der Waals surface area contributed by atoms with Crippen LogP contribution in [0.5, 0.6) is 11.5 Å². The molecule has 12 nitrogen and oxygen atoms in total. The van der Waals surface area contributed by atoms with Crippen molar-refractivity contribution in [2.45, 2.75) is 36.5 Å². The van der Waals surface area contributed by atoms with Crippen LogP contribution in [-0.2, 0) is 38.1 Å². The lowest BCUT2D eigenvalue weighted by molar-refractivity contribution is -0.173. The molecule has 4 atom stereocenters. The van der Waals surface area contributed by atoms with Gasteiger partial charge in [0, 0.05) is 56.9 Å². The third-order valence-electron chi connectivity index (χ3n) is 14.4. The molecule has 0 radical (unpaired) electrons. The summed E-state index contributed by atoms with van der Waals surface area (Å²) in [5, 5.41) is 1.93. The van der Waals surface area contributed by atoms with Crippen molar-refractivity contribution in [3.8, 4) is 11.5 Å². The lowest BCUT2D eigenvalue weighted by Gasteiger charge is -2.43. The van der Waals surface area contributed by atoms with Crippen LogP contribution in [0.3, 0.4) is 0 Å². The Bertz CT molecular complexity index is 2930. The Morgan fingerprint density at radius 3 is 1.03 bits per heavy atom. The molecule has 0 aliphatic heterocycles. The Labute approximate surface area is 405 Å². The summed E-state index contributed by atoms with van der Waals surface area (Å²) in [6, 6.07) is 50.7.